The number of anilines is 6. The Morgan fingerprint density at radius 3 is 1.41 bits per heavy atom. The van der Waals surface area contributed by atoms with Crippen LogP contribution in [-0.2, 0) is 10.8 Å². The van der Waals surface area contributed by atoms with Crippen molar-refractivity contribution in [1.82, 2.24) is 0 Å². The zero-order valence-corrected chi connectivity index (χ0v) is 42.6. The van der Waals surface area contributed by atoms with Gasteiger partial charge in [0, 0.05) is 52.5 Å². The van der Waals surface area contributed by atoms with Gasteiger partial charge in [-0.25, -0.2) is 4.85 Å². The molecule has 0 atom stereocenters. The molecular weight excluding hydrogens is 937 g/mol. The van der Waals surface area contributed by atoms with Crippen LogP contribution in [0.3, 0.4) is 0 Å². The first kappa shape index (κ1) is 41.8. The average Bonchev–Trinajstić information content (AvgIpc) is 4.04. The maximum atomic E-state index is 11.3. The first-order valence-corrected chi connectivity index (χ1v) is 26.9. The van der Waals surface area contributed by atoms with E-state index in [9.17, 15) is 5.26 Å². The second kappa shape index (κ2) is 14.5. The van der Waals surface area contributed by atoms with Crippen molar-refractivity contribution in [1.29, 1.82) is 5.26 Å². The van der Waals surface area contributed by atoms with Crippen molar-refractivity contribution in [2.45, 2.75) is 38.5 Å². The summed E-state index contributed by atoms with van der Waals surface area (Å²) in [5, 5.41) is 27.0. The number of para-hydroxylation sites is 2. The van der Waals surface area contributed by atoms with Crippen LogP contribution in [0.4, 0.5) is 39.8 Å². The number of nitrogens with zero attached hydrogens (tertiary/aromatic N) is 4. The van der Waals surface area contributed by atoms with Crippen molar-refractivity contribution in [2.75, 3.05) is 9.80 Å². The van der Waals surface area contributed by atoms with Gasteiger partial charge in [0.2, 0.25) is 0 Å². The quantitative estimate of drug-likeness (QED) is 0.128. The molecule has 0 saturated heterocycles. The van der Waals surface area contributed by atoms with E-state index in [1.807, 2.05) is 22.7 Å². The van der Waals surface area contributed by atoms with E-state index in [0.717, 1.165) is 55.1 Å². The second-order valence-electron chi connectivity index (χ2n) is 21.3. The molecule has 4 heterocycles. The molecule has 0 saturated carbocycles. The fourth-order valence-electron chi connectivity index (χ4n) is 13.6. The predicted molar refractivity (Wildman–Crippen MR) is 316 cm³/mol. The molecule has 12 aromatic carbocycles. The summed E-state index contributed by atoms with van der Waals surface area (Å²) < 4.78 is 4.98. The number of rotatable bonds is 2. The zero-order chi connectivity index (χ0) is 49.5. The maximum Gasteiger partial charge on any atom is 0.195 e. The van der Waals surface area contributed by atoms with Crippen LogP contribution < -0.4 is 9.80 Å². The molecule has 4 nitrogen and oxygen atoms in total. The highest BCUT2D eigenvalue weighted by atomic mass is 32.1. The van der Waals surface area contributed by atoms with Crippen LogP contribution in [0.25, 0.3) is 99.1 Å². The molecular formula is C68H42N4S2. The van der Waals surface area contributed by atoms with Gasteiger partial charge in [0.25, 0.3) is 0 Å². The summed E-state index contributed by atoms with van der Waals surface area (Å²) in [6.45, 7) is 18.3. The standard InChI is InChI=1S/C68H42N4S2/c1-67(2)48-18-10-12-20-55(48)71(63-50(67)28-24-44-59-40-16-8-6-14-37(40)22-32-57(59)73-65(44)63)53-31-27-43-52(70-5)35-47-54(30-26-42-39(36-69)34-46(53)62(43)61(42)47)72-56-21-13-11-19-49(56)68(3,4)51-29-25-45-60-41-17-9-7-15-38(41)23-33-58(60)74-66(45)64(51)72/h6-35H,1-4H3. The fraction of sp³-hybridized carbons (Fsp3) is 0.0882. The van der Waals surface area contributed by atoms with Crippen molar-refractivity contribution >= 4 is 157 Å². The molecule has 74 heavy (non-hydrogen) atoms. The van der Waals surface area contributed by atoms with E-state index in [1.165, 1.54) is 95.5 Å². The lowest BCUT2D eigenvalue weighted by molar-refractivity contribution is 0.633. The molecule has 0 amide bonds. The first-order valence-electron chi connectivity index (χ1n) is 25.3. The molecule has 0 N–H and O–H groups in total. The zero-order valence-electron chi connectivity index (χ0n) is 40.9. The highest BCUT2D eigenvalue weighted by molar-refractivity contribution is 7.27. The van der Waals surface area contributed by atoms with E-state index >= 15 is 0 Å². The normalized spacial score (nSPS) is 14.6. The van der Waals surface area contributed by atoms with Crippen molar-refractivity contribution in [3.63, 3.8) is 0 Å². The van der Waals surface area contributed by atoms with Gasteiger partial charge in [-0.1, -0.05) is 161 Å². The second-order valence-corrected chi connectivity index (χ2v) is 23.4. The lowest BCUT2D eigenvalue weighted by atomic mass is 9.73. The topological polar surface area (TPSA) is 34.6 Å². The molecule has 0 fully saturated rings. The van der Waals surface area contributed by atoms with Crippen LogP contribution in [0.2, 0.25) is 0 Å². The van der Waals surface area contributed by atoms with Crippen molar-refractivity contribution in [3.05, 3.63) is 221 Å². The van der Waals surface area contributed by atoms with E-state index in [1.54, 1.807) is 0 Å². The Labute approximate surface area is 434 Å². The van der Waals surface area contributed by atoms with Crippen LogP contribution in [-0.4, -0.2) is 0 Å². The van der Waals surface area contributed by atoms with Gasteiger partial charge in [0.15, 0.2) is 5.69 Å². The van der Waals surface area contributed by atoms with Gasteiger partial charge in [0.05, 0.1) is 61.7 Å². The molecule has 6 heteroatoms. The van der Waals surface area contributed by atoms with Crippen molar-refractivity contribution < 1.29 is 0 Å². The van der Waals surface area contributed by atoms with Gasteiger partial charge in [0.1, 0.15) is 0 Å². The number of fused-ring (bicyclic) bond motifs is 16. The highest BCUT2D eigenvalue weighted by Gasteiger charge is 2.41. The summed E-state index contributed by atoms with van der Waals surface area (Å²) in [6.07, 6.45) is 0. The van der Waals surface area contributed by atoms with Gasteiger partial charge in [-0.15, -0.1) is 22.7 Å². The molecule has 14 aromatic rings. The molecule has 0 aliphatic carbocycles. The Balaban J connectivity index is 1.03. The number of benzene rings is 12. The van der Waals surface area contributed by atoms with Crippen molar-refractivity contribution in [2.24, 2.45) is 0 Å². The van der Waals surface area contributed by atoms with Crippen LogP contribution in [0.15, 0.2) is 182 Å². The monoisotopic (exact) mass is 978 g/mol. The molecule has 2 aliphatic rings. The van der Waals surface area contributed by atoms with Crippen LogP contribution in [0, 0.1) is 17.9 Å². The summed E-state index contributed by atoms with van der Waals surface area (Å²) in [5.41, 5.74) is 12.1. The van der Waals surface area contributed by atoms with E-state index in [0.29, 0.717) is 11.3 Å². The third-order valence-corrected chi connectivity index (χ3v) is 19.3. The minimum Gasteiger partial charge on any atom is -0.308 e. The minimum atomic E-state index is -0.314. The highest BCUT2D eigenvalue weighted by Crippen LogP contribution is 2.61. The van der Waals surface area contributed by atoms with Crippen molar-refractivity contribution in [3.8, 4) is 6.07 Å². The number of hydrogen-bond acceptors (Lipinski definition) is 5. The van der Waals surface area contributed by atoms with Gasteiger partial charge < -0.3 is 9.80 Å². The van der Waals surface area contributed by atoms with Gasteiger partial charge >= 0.3 is 0 Å². The van der Waals surface area contributed by atoms with E-state index in [2.05, 4.69) is 230 Å². The molecule has 2 aromatic heterocycles. The van der Waals surface area contributed by atoms with Gasteiger partial charge in [-0.3, -0.25) is 0 Å². The Kier molecular flexibility index (Phi) is 8.17. The molecule has 0 radical (unpaired) electrons. The largest absolute Gasteiger partial charge is 0.308 e. The smallest absolute Gasteiger partial charge is 0.195 e. The number of thiophene rings is 2. The molecule has 0 spiro atoms. The first-order chi connectivity index (χ1) is 36.1. The van der Waals surface area contributed by atoms with Crippen LogP contribution in [0.1, 0.15) is 55.5 Å². The Morgan fingerprint density at radius 2 is 0.878 bits per heavy atom. The summed E-state index contributed by atoms with van der Waals surface area (Å²) in [4.78, 5) is 9.33. The lowest BCUT2D eigenvalue weighted by Gasteiger charge is -2.43. The summed E-state index contributed by atoms with van der Waals surface area (Å²) >= 11 is 3.73. The number of hydrogen-bond donors (Lipinski definition) is 0. The third kappa shape index (κ3) is 5.19. The SMILES string of the molecule is [C-]#[N+]c1cc2c(N3c4ccccc4C(C)(C)c4ccc5c(sc6ccc7ccccc7c65)c43)ccc3c(C#N)cc4c(N5c6ccccc6C(C)(C)c6ccc7c(sc8ccc9ccccc9c87)c65)ccc1c4c32. The van der Waals surface area contributed by atoms with Crippen LogP contribution >= 0.6 is 22.7 Å². The number of nitriles is 1. The molecule has 346 valence electrons. The molecule has 0 unspecified atom stereocenters. The van der Waals surface area contributed by atoms with E-state index < -0.39 is 0 Å². The predicted octanol–water partition coefficient (Wildman–Crippen LogP) is 20.3. The molecule has 16 rings (SSSR count). The van der Waals surface area contributed by atoms with Gasteiger partial charge in [-0.05, 0) is 114 Å². The van der Waals surface area contributed by atoms with E-state index in [-0.39, 0.29) is 10.8 Å². The summed E-state index contributed by atoms with van der Waals surface area (Å²) in [6, 6.07) is 69.3. The maximum absolute atomic E-state index is 11.3. The Morgan fingerprint density at radius 1 is 0.419 bits per heavy atom. The Hall–Kier alpha value is -8.78. The fourth-order valence-corrected chi connectivity index (χ4v) is 16.1. The minimum absolute atomic E-state index is 0.314. The Bertz CT molecular complexity index is 4650. The molecule has 2 aliphatic heterocycles. The third-order valence-electron chi connectivity index (χ3n) is 17.0. The summed E-state index contributed by atoms with van der Waals surface area (Å²) in [5.74, 6) is 0. The summed E-state index contributed by atoms with van der Waals surface area (Å²) in [7, 11) is 0. The van der Waals surface area contributed by atoms with Gasteiger partial charge in [-0.2, -0.15) is 5.26 Å². The molecule has 0 bridgehead atoms. The van der Waals surface area contributed by atoms with E-state index in [4.69, 9.17) is 6.57 Å². The van der Waals surface area contributed by atoms with Crippen LogP contribution in [0.5, 0.6) is 0 Å². The lowest BCUT2D eigenvalue weighted by Crippen LogP contribution is -2.30. The average molecular weight is 979 g/mol.